The van der Waals surface area contributed by atoms with E-state index in [2.05, 4.69) is 4.98 Å². The molecule has 6 heteroatoms. The molecule has 24 heavy (non-hydrogen) atoms. The summed E-state index contributed by atoms with van der Waals surface area (Å²) in [5.41, 5.74) is 1.69. The zero-order chi connectivity index (χ0) is 16.9. The lowest BCUT2D eigenvalue weighted by atomic mass is 10.2. The molecule has 1 aromatic heterocycles. The molecular weight excluding hydrogens is 306 g/mol. The molecule has 0 unspecified atom stereocenters. The molecule has 1 aromatic carbocycles. The van der Waals surface area contributed by atoms with Gasteiger partial charge in [0.2, 0.25) is 5.91 Å². The van der Waals surface area contributed by atoms with E-state index in [-0.39, 0.29) is 17.6 Å². The van der Waals surface area contributed by atoms with Crippen LogP contribution in [0.5, 0.6) is 0 Å². The van der Waals surface area contributed by atoms with Crippen molar-refractivity contribution in [1.29, 1.82) is 0 Å². The van der Waals surface area contributed by atoms with Crippen molar-refractivity contribution in [3.05, 3.63) is 76.1 Å². The zero-order valence-electron chi connectivity index (χ0n) is 13.0. The van der Waals surface area contributed by atoms with Gasteiger partial charge >= 0.3 is 0 Å². The van der Waals surface area contributed by atoms with E-state index in [0.29, 0.717) is 12.1 Å². The molecule has 0 aliphatic heterocycles. The van der Waals surface area contributed by atoms with Crippen molar-refractivity contribution in [1.82, 2.24) is 9.88 Å². The second-order valence-electron chi connectivity index (χ2n) is 5.74. The number of rotatable bonds is 6. The van der Waals surface area contributed by atoms with E-state index >= 15 is 0 Å². The summed E-state index contributed by atoms with van der Waals surface area (Å²) in [6.07, 6.45) is 8.56. The van der Waals surface area contributed by atoms with Gasteiger partial charge in [-0.05, 0) is 42.2 Å². The Morgan fingerprint density at radius 2 is 2.04 bits per heavy atom. The molecule has 0 atom stereocenters. The highest BCUT2D eigenvalue weighted by molar-refractivity contribution is 5.92. The summed E-state index contributed by atoms with van der Waals surface area (Å²) in [5, 5.41) is 10.8. The van der Waals surface area contributed by atoms with E-state index in [0.717, 1.165) is 18.4 Å². The molecule has 2 aromatic rings. The van der Waals surface area contributed by atoms with Gasteiger partial charge in [-0.1, -0.05) is 12.1 Å². The first kappa shape index (κ1) is 15.9. The number of carbonyl (C=O) groups is 1. The number of non-ortho nitro benzene ring substituents is 1. The average molecular weight is 323 g/mol. The first-order valence-corrected chi connectivity index (χ1v) is 7.75. The van der Waals surface area contributed by atoms with Crippen molar-refractivity contribution < 1.29 is 9.72 Å². The SMILES string of the molecule is O=C(/C=C/c1cccc([N+](=O)[O-])c1)N(Cc1ccncc1)C1CC1. The van der Waals surface area contributed by atoms with E-state index in [1.54, 1.807) is 30.6 Å². The molecular formula is C18H17N3O3. The standard InChI is InChI=1S/C18H17N3O3/c22-18(7-4-14-2-1-3-17(12-14)21(23)24)20(16-5-6-16)13-15-8-10-19-11-9-15/h1-4,7-12,16H,5-6,13H2/b7-4+. The summed E-state index contributed by atoms with van der Waals surface area (Å²) in [6, 6.07) is 10.3. The highest BCUT2D eigenvalue weighted by Gasteiger charge is 2.31. The van der Waals surface area contributed by atoms with Gasteiger partial charge in [0, 0.05) is 43.2 Å². The van der Waals surface area contributed by atoms with E-state index in [1.165, 1.54) is 18.2 Å². The molecule has 1 saturated carbocycles. The van der Waals surface area contributed by atoms with Gasteiger partial charge in [0.25, 0.3) is 5.69 Å². The summed E-state index contributed by atoms with van der Waals surface area (Å²) < 4.78 is 0. The van der Waals surface area contributed by atoms with E-state index in [9.17, 15) is 14.9 Å². The fourth-order valence-corrected chi connectivity index (χ4v) is 2.46. The number of amides is 1. The lowest BCUT2D eigenvalue weighted by Gasteiger charge is -2.20. The second kappa shape index (κ2) is 7.04. The maximum absolute atomic E-state index is 12.5. The van der Waals surface area contributed by atoms with Crippen LogP contribution in [0.15, 0.2) is 54.9 Å². The van der Waals surface area contributed by atoms with Crippen LogP contribution in [0.4, 0.5) is 5.69 Å². The molecule has 3 rings (SSSR count). The molecule has 1 fully saturated rings. The van der Waals surface area contributed by atoms with Gasteiger partial charge in [0.1, 0.15) is 0 Å². The Balaban J connectivity index is 1.71. The Bertz CT molecular complexity index is 770. The van der Waals surface area contributed by atoms with Gasteiger partial charge in [0.15, 0.2) is 0 Å². The molecule has 0 N–H and O–H groups in total. The number of benzene rings is 1. The van der Waals surface area contributed by atoms with Crippen LogP contribution in [0.2, 0.25) is 0 Å². The third kappa shape index (κ3) is 4.04. The Kier molecular flexibility index (Phi) is 4.65. The van der Waals surface area contributed by atoms with E-state index in [4.69, 9.17) is 0 Å². The number of carbonyl (C=O) groups excluding carboxylic acids is 1. The number of hydrogen-bond acceptors (Lipinski definition) is 4. The minimum absolute atomic E-state index is 0.0143. The molecule has 6 nitrogen and oxygen atoms in total. The molecule has 1 aliphatic rings. The number of hydrogen-bond donors (Lipinski definition) is 0. The summed E-state index contributed by atoms with van der Waals surface area (Å²) in [5.74, 6) is -0.0826. The summed E-state index contributed by atoms with van der Waals surface area (Å²) in [7, 11) is 0. The first-order chi connectivity index (χ1) is 11.6. The van der Waals surface area contributed by atoms with Crippen LogP contribution < -0.4 is 0 Å². The van der Waals surface area contributed by atoms with Crippen LogP contribution in [-0.2, 0) is 11.3 Å². The minimum atomic E-state index is -0.445. The molecule has 1 heterocycles. The van der Waals surface area contributed by atoms with Crippen molar-refractivity contribution in [3.63, 3.8) is 0 Å². The van der Waals surface area contributed by atoms with Gasteiger partial charge in [-0.25, -0.2) is 0 Å². The maximum Gasteiger partial charge on any atom is 0.270 e. The Morgan fingerprint density at radius 1 is 1.29 bits per heavy atom. The smallest absolute Gasteiger partial charge is 0.270 e. The lowest BCUT2D eigenvalue weighted by Crippen LogP contribution is -2.31. The quantitative estimate of drug-likeness (QED) is 0.465. The molecule has 0 saturated heterocycles. The number of aromatic nitrogens is 1. The number of nitro groups is 1. The minimum Gasteiger partial charge on any atom is -0.332 e. The predicted octanol–water partition coefficient (Wildman–Crippen LogP) is 3.19. The predicted molar refractivity (Wildman–Crippen MR) is 89.9 cm³/mol. The Labute approximate surface area is 139 Å². The summed E-state index contributed by atoms with van der Waals surface area (Å²) in [4.78, 5) is 28.7. The van der Waals surface area contributed by atoms with Gasteiger partial charge < -0.3 is 4.90 Å². The van der Waals surface area contributed by atoms with Gasteiger partial charge in [-0.2, -0.15) is 0 Å². The average Bonchev–Trinajstić information content (AvgIpc) is 3.43. The van der Waals surface area contributed by atoms with E-state index < -0.39 is 4.92 Å². The van der Waals surface area contributed by atoms with Crippen LogP contribution >= 0.6 is 0 Å². The Hall–Kier alpha value is -3.02. The molecule has 1 amide bonds. The summed E-state index contributed by atoms with van der Waals surface area (Å²) >= 11 is 0. The Morgan fingerprint density at radius 3 is 2.71 bits per heavy atom. The fourth-order valence-electron chi connectivity index (χ4n) is 2.46. The highest BCUT2D eigenvalue weighted by atomic mass is 16.6. The normalized spacial score (nSPS) is 13.8. The van der Waals surface area contributed by atoms with Crippen molar-refractivity contribution in [2.24, 2.45) is 0 Å². The van der Waals surface area contributed by atoms with E-state index in [1.807, 2.05) is 17.0 Å². The molecule has 122 valence electrons. The molecule has 0 radical (unpaired) electrons. The van der Waals surface area contributed by atoms with Gasteiger partial charge in [0.05, 0.1) is 4.92 Å². The summed E-state index contributed by atoms with van der Waals surface area (Å²) in [6.45, 7) is 0.547. The third-order valence-electron chi connectivity index (χ3n) is 3.87. The molecule has 1 aliphatic carbocycles. The van der Waals surface area contributed by atoms with Gasteiger partial charge in [-0.15, -0.1) is 0 Å². The van der Waals surface area contributed by atoms with Gasteiger partial charge in [-0.3, -0.25) is 19.9 Å². The largest absolute Gasteiger partial charge is 0.332 e. The molecule has 0 spiro atoms. The van der Waals surface area contributed by atoms with Crippen LogP contribution in [0.25, 0.3) is 6.08 Å². The van der Waals surface area contributed by atoms with Crippen LogP contribution in [0.3, 0.4) is 0 Å². The second-order valence-corrected chi connectivity index (χ2v) is 5.74. The van der Waals surface area contributed by atoms with Crippen molar-refractivity contribution in [2.45, 2.75) is 25.4 Å². The van der Waals surface area contributed by atoms with Crippen LogP contribution in [0, 0.1) is 10.1 Å². The van der Waals surface area contributed by atoms with Crippen LogP contribution in [-0.4, -0.2) is 26.8 Å². The first-order valence-electron chi connectivity index (χ1n) is 7.75. The van der Waals surface area contributed by atoms with Crippen molar-refractivity contribution in [3.8, 4) is 0 Å². The number of nitrogens with zero attached hydrogens (tertiary/aromatic N) is 3. The fraction of sp³-hybridized carbons (Fsp3) is 0.222. The van der Waals surface area contributed by atoms with Crippen LogP contribution in [0.1, 0.15) is 24.0 Å². The maximum atomic E-state index is 12.5. The number of nitro benzene ring substituents is 1. The highest BCUT2D eigenvalue weighted by Crippen LogP contribution is 2.28. The number of pyridine rings is 1. The zero-order valence-corrected chi connectivity index (χ0v) is 13.0. The lowest BCUT2D eigenvalue weighted by molar-refractivity contribution is -0.384. The van der Waals surface area contributed by atoms with Crippen molar-refractivity contribution >= 4 is 17.7 Å². The third-order valence-corrected chi connectivity index (χ3v) is 3.87. The molecule has 0 bridgehead atoms. The van der Waals surface area contributed by atoms with Crippen molar-refractivity contribution in [2.75, 3.05) is 0 Å². The topological polar surface area (TPSA) is 76.3 Å². The monoisotopic (exact) mass is 323 g/mol.